The van der Waals surface area contributed by atoms with Crippen LogP contribution in [0.2, 0.25) is 5.02 Å². The Labute approximate surface area is 101 Å². The van der Waals surface area contributed by atoms with E-state index in [9.17, 15) is 4.79 Å². The molecule has 0 spiro atoms. The van der Waals surface area contributed by atoms with Crippen LogP contribution in [0.1, 0.15) is 32.4 Å². The zero-order valence-electron chi connectivity index (χ0n) is 9.75. The number of carbonyl (C=O) groups excluding carboxylic acids is 1. The summed E-state index contributed by atoms with van der Waals surface area (Å²) in [6.45, 7) is 5.25. The van der Waals surface area contributed by atoms with Crippen molar-refractivity contribution in [2.24, 2.45) is 5.73 Å². The summed E-state index contributed by atoms with van der Waals surface area (Å²) < 4.78 is 0. The molecule has 0 radical (unpaired) electrons. The van der Waals surface area contributed by atoms with Gasteiger partial charge in [0.15, 0.2) is 0 Å². The monoisotopic (exact) mass is 240 g/mol. The van der Waals surface area contributed by atoms with Crippen molar-refractivity contribution in [1.29, 1.82) is 0 Å². The van der Waals surface area contributed by atoms with Gasteiger partial charge in [-0.15, -0.1) is 0 Å². The van der Waals surface area contributed by atoms with Gasteiger partial charge in [-0.05, 0) is 38.5 Å². The number of nitrogens with one attached hydrogen (secondary N) is 1. The highest BCUT2D eigenvalue weighted by atomic mass is 35.5. The Morgan fingerprint density at radius 2 is 2.12 bits per heavy atom. The van der Waals surface area contributed by atoms with E-state index in [0.717, 1.165) is 5.56 Å². The number of halogens is 1. The number of rotatable bonds is 3. The summed E-state index contributed by atoms with van der Waals surface area (Å²) >= 11 is 5.88. The van der Waals surface area contributed by atoms with Crippen molar-refractivity contribution in [3.8, 4) is 0 Å². The first-order valence-electron chi connectivity index (χ1n) is 5.16. The second kappa shape index (κ2) is 4.85. The van der Waals surface area contributed by atoms with Gasteiger partial charge >= 0.3 is 0 Å². The molecular formula is C12H17ClN2O. The maximum Gasteiger partial charge on any atom is 0.239 e. The molecule has 3 N–H and O–H groups in total. The van der Waals surface area contributed by atoms with Gasteiger partial charge in [0.2, 0.25) is 5.91 Å². The first kappa shape index (κ1) is 13.0. The summed E-state index contributed by atoms with van der Waals surface area (Å²) in [4.78, 5) is 11.7. The zero-order valence-corrected chi connectivity index (χ0v) is 10.5. The zero-order chi connectivity index (χ0) is 12.3. The molecule has 1 rings (SSSR count). The van der Waals surface area contributed by atoms with Crippen LogP contribution in [-0.2, 0) is 4.79 Å². The molecule has 0 unspecified atom stereocenters. The minimum Gasteiger partial charge on any atom is -0.348 e. The van der Waals surface area contributed by atoms with Gasteiger partial charge in [-0.3, -0.25) is 4.79 Å². The molecule has 0 aromatic heterocycles. The topological polar surface area (TPSA) is 55.1 Å². The Hall–Kier alpha value is -1.06. The number of benzene rings is 1. The highest BCUT2D eigenvalue weighted by Gasteiger charge is 2.23. The second-order valence-corrected chi connectivity index (χ2v) is 4.91. The van der Waals surface area contributed by atoms with Gasteiger partial charge in [0.1, 0.15) is 0 Å². The lowest BCUT2D eigenvalue weighted by Gasteiger charge is -2.22. The first-order chi connectivity index (χ1) is 7.30. The molecule has 4 heteroatoms. The quantitative estimate of drug-likeness (QED) is 0.852. The van der Waals surface area contributed by atoms with E-state index in [1.54, 1.807) is 19.9 Å². The van der Waals surface area contributed by atoms with E-state index in [1.165, 1.54) is 0 Å². The van der Waals surface area contributed by atoms with Crippen molar-refractivity contribution in [1.82, 2.24) is 5.32 Å². The minimum absolute atomic E-state index is 0.103. The molecule has 0 bridgehead atoms. The Balaban J connectivity index is 2.73. The largest absolute Gasteiger partial charge is 0.348 e. The van der Waals surface area contributed by atoms with Gasteiger partial charge in [-0.1, -0.05) is 23.7 Å². The number of hydrogen-bond acceptors (Lipinski definition) is 2. The van der Waals surface area contributed by atoms with Crippen LogP contribution in [0, 0.1) is 0 Å². The van der Waals surface area contributed by atoms with Crippen LogP contribution >= 0.6 is 11.6 Å². The van der Waals surface area contributed by atoms with Crippen LogP contribution in [0.4, 0.5) is 0 Å². The van der Waals surface area contributed by atoms with Crippen LogP contribution < -0.4 is 11.1 Å². The van der Waals surface area contributed by atoms with Gasteiger partial charge in [0.25, 0.3) is 0 Å². The summed E-state index contributed by atoms with van der Waals surface area (Å²) in [5.41, 5.74) is 5.79. The van der Waals surface area contributed by atoms with E-state index in [4.69, 9.17) is 17.3 Å². The van der Waals surface area contributed by atoms with Crippen LogP contribution in [0.5, 0.6) is 0 Å². The first-order valence-corrected chi connectivity index (χ1v) is 5.54. The molecule has 0 saturated carbocycles. The van der Waals surface area contributed by atoms with Crippen molar-refractivity contribution < 1.29 is 4.79 Å². The molecule has 0 fully saturated rings. The lowest BCUT2D eigenvalue weighted by molar-refractivity contribution is -0.125. The molecule has 88 valence electrons. The fraction of sp³-hybridized carbons (Fsp3) is 0.417. The fourth-order valence-electron chi connectivity index (χ4n) is 1.24. The summed E-state index contributed by atoms with van der Waals surface area (Å²) in [7, 11) is 0. The van der Waals surface area contributed by atoms with E-state index < -0.39 is 5.54 Å². The second-order valence-electron chi connectivity index (χ2n) is 4.47. The molecule has 3 nitrogen and oxygen atoms in total. The predicted octanol–water partition coefficient (Wildman–Crippen LogP) is 2.25. The third-order valence-corrected chi connectivity index (χ3v) is 2.52. The van der Waals surface area contributed by atoms with Crippen LogP contribution in [-0.4, -0.2) is 11.4 Å². The molecule has 1 atom stereocenters. The summed E-state index contributed by atoms with van der Waals surface area (Å²) in [5, 5.41) is 3.50. The van der Waals surface area contributed by atoms with Gasteiger partial charge in [0.05, 0.1) is 11.6 Å². The third kappa shape index (κ3) is 3.51. The maximum atomic E-state index is 11.7. The lowest BCUT2D eigenvalue weighted by Crippen LogP contribution is -2.49. The van der Waals surface area contributed by atoms with Crippen LogP contribution in [0.15, 0.2) is 24.3 Å². The maximum absolute atomic E-state index is 11.7. The standard InChI is InChI=1S/C12H17ClN2O/c1-8(15-11(16)12(2,3)14)9-5-4-6-10(13)7-9/h4-8H,14H2,1-3H3,(H,15,16)/t8-/m0/s1. The average Bonchev–Trinajstić information content (AvgIpc) is 2.16. The van der Waals surface area contributed by atoms with Gasteiger partial charge in [-0.2, -0.15) is 0 Å². The summed E-state index contributed by atoms with van der Waals surface area (Å²) in [6.07, 6.45) is 0. The van der Waals surface area contributed by atoms with Crippen molar-refractivity contribution in [2.45, 2.75) is 32.4 Å². The van der Waals surface area contributed by atoms with Crippen molar-refractivity contribution in [3.63, 3.8) is 0 Å². The summed E-state index contributed by atoms with van der Waals surface area (Å²) in [6, 6.07) is 7.30. The molecule has 0 saturated heterocycles. The molecular weight excluding hydrogens is 224 g/mol. The Morgan fingerprint density at radius 3 is 2.62 bits per heavy atom. The van der Waals surface area contributed by atoms with E-state index in [-0.39, 0.29) is 11.9 Å². The molecule has 1 aromatic carbocycles. The van der Waals surface area contributed by atoms with E-state index in [2.05, 4.69) is 5.32 Å². The van der Waals surface area contributed by atoms with Gasteiger partial charge in [0, 0.05) is 5.02 Å². The fourth-order valence-corrected chi connectivity index (χ4v) is 1.44. The van der Waals surface area contributed by atoms with Crippen molar-refractivity contribution in [2.75, 3.05) is 0 Å². The van der Waals surface area contributed by atoms with Crippen LogP contribution in [0.25, 0.3) is 0 Å². The average molecular weight is 241 g/mol. The SMILES string of the molecule is C[C@H](NC(=O)C(C)(C)N)c1cccc(Cl)c1. The van der Waals surface area contributed by atoms with Gasteiger partial charge < -0.3 is 11.1 Å². The van der Waals surface area contributed by atoms with Crippen molar-refractivity contribution >= 4 is 17.5 Å². The Bertz CT molecular complexity index is 385. The highest BCUT2D eigenvalue weighted by molar-refractivity contribution is 6.30. The molecule has 1 amide bonds. The minimum atomic E-state index is -0.868. The number of nitrogens with two attached hydrogens (primary N) is 1. The van der Waals surface area contributed by atoms with Crippen molar-refractivity contribution in [3.05, 3.63) is 34.9 Å². The molecule has 0 aliphatic carbocycles. The van der Waals surface area contributed by atoms with E-state index in [1.807, 2.05) is 25.1 Å². The molecule has 1 aromatic rings. The Morgan fingerprint density at radius 1 is 1.50 bits per heavy atom. The number of carbonyl (C=O) groups is 1. The number of amides is 1. The molecule has 0 aliphatic heterocycles. The highest BCUT2D eigenvalue weighted by Crippen LogP contribution is 2.17. The van der Waals surface area contributed by atoms with E-state index >= 15 is 0 Å². The third-order valence-electron chi connectivity index (χ3n) is 2.28. The molecule has 0 aliphatic rings. The predicted molar refractivity (Wildman–Crippen MR) is 66.3 cm³/mol. The Kier molecular flexibility index (Phi) is 3.94. The molecule has 0 heterocycles. The lowest BCUT2D eigenvalue weighted by atomic mass is 10.0. The smallest absolute Gasteiger partial charge is 0.239 e. The normalized spacial score (nSPS) is 13.3. The number of hydrogen-bond donors (Lipinski definition) is 2. The summed E-state index contributed by atoms with van der Waals surface area (Å²) in [5.74, 6) is -0.181. The molecule has 16 heavy (non-hydrogen) atoms. The van der Waals surface area contributed by atoms with E-state index in [0.29, 0.717) is 5.02 Å². The van der Waals surface area contributed by atoms with Gasteiger partial charge in [-0.25, -0.2) is 0 Å². The van der Waals surface area contributed by atoms with Crippen LogP contribution in [0.3, 0.4) is 0 Å².